The number of hydrogen-bond acceptors (Lipinski definition) is 1. The highest BCUT2D eigenvalue weighted by Crippen LogP contribution is 2.37. The van der Waals surface area contributed by atoms with Crippen molar-refractivity contribution in [2.45, 2.75) is 25.2 Å². The number of aromatic amines is 1. The highest BCUT2D eigenvalue weighted by Gasteiger charge is 2.37. The van der Waals surface area contributed by atoms with Crippen molar-refractivity contribution in [3.05, 3.63) is 65.4 Å². The molecule has 0 saturated carbocycles. The highest BCUT2D eigenvalue weighted by molar-refractivity contribution is 5.91. The second kappa shape index (κ2) is 7.21. The lowest BCUT2D eigenvalue weighted by atomic mass is 10.1. The Morgan fingerprint density at radius 3 is 2.14 bits per heavy atom. The number of nitrogens with one attached hydrogen (secondary N) is 2. The van der Waals surface area contributed by atoms with E-state index in [1.54, 1.807) is 6.20 Å². The van der Waals surface area contributed by atoms with Gasteiger partial charge in [-0.25, -0.2) is 0 Å². The Hall–Kier alpha value is -2.97. The minimum Gasteiger partial charge on any atom is -0.361 e. The highest BCUT2D eigenvalue weighted by atomic mass is 19.4. The first-order chi connectivity index (χ1) is 13.0. The maximum Gasteiger partial charge on any atom is 0.416 e. The molecule has 148 valence electrons. The number of rotatable bonds is 4. The number of alkyl halides is 6. The summed E-state index contributed by atoms with van der Waals surface area (Å²) >= 11 is 0. The molecule has 3 aromatic rings. The lowest BCUT2D eigenvalue weighted by Crippen LogP contribution is -2.16. The van der Waals surface area contributed by atoms with Gasteiger partial charge in [-0.15, -0.1) is 0 Å². The van der Waals surface area contributed by atoms with Gasteiger partial charge in [0.05, 0.1) is 11.1 Å². The number of halogens is 6. The Morgan fingerprint density at radius 2 is 1.54 bits per heavy atom. The molecule has 9 heteroatoms. The zero-order valence-electron chi connectivity index (χ0n) is 14.2. The predicted octanol–water partition coefficient (Wildman–Crippen LogP) is 5.78. The molecule has 1 amide bonds. The number of carbonyl (C=O) groups excluding carboxylic acids is 1. The van der Waals surface area contributed by atoms with Crippen molar-refractivity contribution < 1.29 is 31.1 Å². The third-order valence-corrected chi connectivity index (χ3v) is 4.17. The molecule has 0 unspecified atom stereocenters. The topological polar surface area (TPSA) is 44.9 Å². The summed E-state index contributed by atoms with van der Waals surface area (Å²) in [5.74, 6) is -0.683. The quantitative estimate of drug-likeness (QED) is 0.536. The average molecular weight is 400 g/mol. The van der Waals surface area contributed by atoms with Crippen molar-refractivity contribution in [3.63, 3.8) is 0 Å². The molecule has 28 heavy (non-hydrogen) atoms. The Morgan fingerprint density at radius 1 is 0.929 bits per heavy atom. The standard InChI is InChI=1S/C19H14F6N2O/c20-18(21,22)12-7-13(19(23,24)25)9-14(8-12)27-17(28)6-5-11-10-26-16-4-2-1-3-15(11)16/h1-4,7-10,26H,5-6H2,(H,27,28). The first-order valence-corrected chi connectivity index (χ1v) is 8.18. The number of anilines is 1. The van der Waals surface area contributed by atoms with Gasteiger partial charge in [-0.2, -0.15) is 26.3 Å². The summed E-state index contributed by atoms with van der Waals surface area (Å²) in [4.78, 5) is 15.1. The van der Waals surface area contributed by atoms with Crippen LogP contribution in [0.1, 0.15) is 23.1 Å². The molecule has 0 aliphatic heterocycles. The summed E-state index contributed by atoms with van der Waals surface area (Å²) in [6, 6.07) is 8.34. The Labute approximate surface area is 155 Å². The van der Waals surface area contributed by atoms with Gasteiger partial charge in [0.25, 0.3) is 0 Å². The normalized spacial score (nSPS) is 12.4. The molecule has 0 fully saturated rings. The van der Waals surface area contributed by atoms with E-state index in [4.69, 9.17) is 0 Å². The summed E-state index contributed by atoms with van der Waals surface area (Å²) in [6.07, 6.45) is -8.04. The van der Waals surface area contributed by atoms with Gasteiger partial charge in [0, 0.05) is 29.2 Å². The van der Waals surface area contributed by atoms with Gasteiger partial charge in [-0.1, -0.05) is 18.2 Å². The van der Waals surface area contributed by atoms with Crippen LogP contribution in [0.15, 0.2) is 48.7 Å². The molecule has 3 rings (SSSR count). The minimum absolute atomic E-state index is 0.0155. The van der Waals surface area contributed by atoms with Crippen LogP contribution in [0.4, 0.5) is 32.0 Å². The van der Waals surface area contributed by atoms with E-state index in [9.17, 15) is 31.1 Å². The molecule has 1 heterocycles. The van der Waals surface area contributed by atoms with Crippen molar-refractivity contribution in [1.82, 2.24) is 4.98 Å². The zero-order chi connectivity index (χ0) is 20.5. The van der Waals surface area contributed by atoms with Gasteiger partial charge in [-0.3, -0.25) is 4.79 Å². The number of hydrogen-bond donors (Lipinski definition) is 2. The number of para-hydroxylation sites is 1. The van der Waals surface area contributed by atoms with Crippen molar-refractivity contribution >= 4 is 22.5 Å². The van der Waals surface area contributed by atoms with E-state index in [1.165, 1.54) is 0 Å². The summed E-state index contributed by atoms with van der Waals surface area (Å²) in [5, 5.41) is 3.03. The van der Waals surface area contributed by atoms with Crippen LogP contribution in [0, 0.1) is 0 Å². The van der Waals surface area contributed by atoms with Crippen molar-refractivity contribution in [1.29, 1.82) is 0 Å². The van der Waals surface area contributed by atoms with Crippen LogP contribution < -0.4 is 5.32 Å². The summed E-state index contributed by atoms with van der Waals surface area (Å²) in [5.41, 5.74) is -1.81. The number of fused-ring (bicyclic) bond motifs is 1. The lowest BCUT2D eigenvalue weighted by molar-refractivity contribution is -0.143. The van der Waals surface area contributed by atoms with Crippen molar-refractivity contribution in [2.24, 2.45) is 0 Å². The molecular weight excluding hydrogens is 386 g/mol. The number of amides is 1. The number of aryl methyl sites for hydroxylation is 1. The van der Waals surface area contributed by atoms with Crippen LogP contribution in [0.2, 0.25) is 0 Å². The molecular formula is C19H14F6N2O. The molecule has 0 aliphatic carbocycles. The maximum atomic E-state index is 12.9. The second-order valence-corrected chi connectivity index (χ2v) is 6.20. The van der Waals surface area contributed by atoms with Crippen LogP contribution in [0.25, 0.3) is 10.9 Å². The van der Waals surface area contributed by atoms with Gasteiger partial charge in [-0.05, 0) is 36.2 Å². The van der Waals surface area contributed by atoms with E-state index in [1.807, 2.05) is 24.3 Å². The van der Waals surface area contributed by atoms with E-state index in [-0.39, 0.29) is 18.9 Å². The van der Waals surface area contributed by atoms with E-state index in [0.717, 1.165) is 16.5 Å². The lowest BCUT2D eigenvalue weighted by Gasteiger charge is -2.14. The Bertz CT molecular complexity index is 971. The number of H-pyrrole nitrogens is 1. The van der Waals surface area contributed by atoms with E-state index in [0.29, 0.717) is 12.1 Å². The second-order valence-electron chi connectivity index (χ2n) is 6.20. The molecule has 2 N–H and O–H groups in total. The molecule has 0 spiro atoms. The maximum absolute atomic E-state index is 12.9. The summed E-state index contributed by atoms with van der Waals surface area (Å²) in [6.45, 7) is 0. The molecule has 0 bridgehead atoms. The molecule has 0 saturated heterocycles. The van der Waals surface area contributed by atoms with Gasteiger partial charge in [0.15, 0.2) is 0 Å². The van der Waals surface area contributed by atoms with Crippen LogP contribution in [0.5, 0.6) is 0 Å². The van der Waals surface area contributed by atoms with Crippen LogP contribution in [-0.4, -0.2) is 10.9 Å². The Balaban J connectivity index is 1.76. The Kier molecular flexibility index (Phi) is 5.10. The molecule has 0 aliphatic rings. The zero-order valence-corrected chi connectivity index (χ0v) is 14.2. The van der Waals surface area contributed by atoms with Crippen LogP contribution in [-0.2, 0) is 23.6 Å². The minimum atomic E-state index is -4.97. The summed E-state index contributed by atoms with van der Waals surface area (Å²) < 4.78 is 77.2. The fraction of sp³-hybridized carbons (Fsp3) is 0.211. The number of benzene rings is 2. The fourth-order valence-electron chi connectivity index (χ4n) is 2.84. The first kappa shape index (κ1) is 19.8. The third-order valence-electron chi connectivity index (χ3n) is 4.17. The number of aromatic nitrogens is 1. The molecule has 1 aromatic heterocycles. The van der Waals surface area contributed by atoms with Crippen molar-refractivity contribution in [3.8, 4) is 0 Å². The molecule has 0 atom stereocenters. The van der Waals surface area contributed by atoms with E-state index >= 15 is 0 Å². The van der Waals surface area contributed by atoms with Crippen molar-refractivity contribution in [2.75, 3.05) is 5.32 Å². The smallest absolute Gasteiger partial charge is 0.361 e. The summed E-state index contributed by atoms with van der Waals surface area (Å²) in [7, 11) is 0. The van der Waals surface area contributed by atoms with E-state index in [2.05, 4.69) is 10.3 Å². The SMILES string of the molecule is O=C(CCc1c[nH]c2ccccc12)Nc1cc(C(F)(F)F)cc(C(F)(F)F)c1. The van der Waals surface area contributed by atoms with Gasteiger partial charge in [0.2, 0.25) is 5.91 Å². The molecule has 0 radical (unpaired) electrons. The molecule has 3 nitrogen and oxygen atoms in total. The molecule has 2 aromatic carbocycles. The first-order valence-electron chi connectivity index (χ1n) is 8.18. The van der Waals surface area contributed by atoms with Gasteiger partial charge >= 0.3 is 12.4 Å². The fourth-order valence-corrected chi connectivity index (χ4v) is 2.84. The largest absolute Gasteiger partial charge is 0.416 e. The number of carbonyl (C=O) groups is 1. The van der Waals surface area contributed by atoms with Gasteiger partial charge < -0.3 is 10.3 Å². The van der Waals surface area contributed by atoms with E-state index < -0.39 is 35.1 Å². The third kappa shape index (κ3) is 4.47. The van der Waals surface area contributed by atoms with Gasteiger partial charge in [0.1, 0.15) is 0 Å². The van der Waals surface area contributed by atoms with Crippen LogP contribution in [0.3, 0.4) is 0 Å². The predicted molar refractivity (Wildman–Crippen MR) is 91.7 cm³/mol. The van der Waals surface area contributed by atoms with Crippen LogP contribution >= 0.6 is 0 Å². The average Bonchev–Trinajstić information content (AvgIpc) is 3.01. The monoisotopic (exact) mass is 400 g/mol.